The molecule has 3 aromatic rings. The summed E-state index contributed by atoms with van der Waals surface area (Å²) in [6.07, 6.45) is 8.82. The first-order valence-electron chi connectivity index (χ1n) is 6.39. The van der Waals surface area contributed by atoms with Gasteiger partial charge in [-0.25, -0.2) is 0 Å². The molecule has 0 saturated heterocycles. The molecule has 0 radical (unpaired) electrons. The topological polar surface area (TPSA) is 30.7 Å². The molecule has 0 aliphatic carbocycles. The van der Waals surface area contributed by atoms with E-state index < -0.39 is 0 Å². The summed E-state index contributed by atoms with van der Waals surface area (Å²) in [5.74, 6) is 0. The Labute approximate surface area is 112 Å². The Hall–Kier alpha value is -2.42. The van der Waals surface area contributed by atoms with Gasteiger partial charge in [-0.15, -0.1) is 0 Å². The van der Waals surface area contributed by atoms with Crippen LogP contribution < -0.4 is 0 Å². The molecule has 0 atom stereocenters. The lowest BCUT2D eigenvalue weighted by atomic mass is 10.1. The van der Waals surface area contributed by atoms with Crippen molar-refractivity contribution in [2.75, 3.05) is 0 Å². The predicted molar refractivity (Wildman–Crippen MR) is 75.6 cm³/mol. The molecule has 0 N–H and O–H groups in total. The fourth-order valence-electron chi connectivity index (χ4n) is 2.06. The summed E-state index contributed by atoms with van der Waals surface area (Å²) in [7, 11) is 0. The Bertz CT molecular complexity index is 630. The maximum atomic E-state index is 4.39. The van der Waals surface area contributed by atoms with Crippen LogP contribution in [0.5, 0.6) is 0 Å². The third-order valence-electron chi connectivity index (χ3n) is 3.08. The van der Waals surface area contributed by atoms with Gasteiger partial charge >= 0.3 is 0 Å². The molecular weight excluding hydrogens is 234 g/mol. The van der Waals surface area contributed by atoms with E-state index in [1.54, 1.807) is 6.20 Å². The monoisotopic (exact) mass is 249 g/mol. The van der Waals surface area contributed by atoms with Crippen LogP contribution in [0.2, 0.25) is 0 Å². The van der Waals surface area contributed by atoms with Crippen molar-refractivity contribution in [3.63, 3.8) is 0 Å². The second-order valence-electron chi connectivity index (χ2n) is 4.44. The minimum atomic E-state index is 0.922. The van der Waals surface area contributed by atoms with E-state index in [1.807, 2.05) is 36.5 Å². The van der Waals surface area contributed by atoms with Gasteiger partial charge in [0.1, 0.15) is 0 Å². The molecule has 94 valence electrons. The van der Waals surface area contributed by atoms with Gasteiger partial charge in [-0.05, 0) is 48.4 Å². The molecule has 0 aromatic carbocycles. The van der Waals surface area contributed by atoms with Crippen LogP contribution in [0.4, 0.5) is 0 Å². The van der Waals surface area contributed by atoms with E-state index in [4.69, 9.17) is 0 Å². The number of aromatic nitrogens is 3. The summed E-state index contributed by atoms with van der Waals surface area (Å²) in [5.41, 5.74) is 3.14. The van der Waals surface area contributed by atoms with Crippen molar-refractivity contribution in [1.82, 2.24) is 14.5 Å². The molecular formula is C16H15N3. The van der Waals surface area contributed by atoms with E-state index in [2.05, 4.69) is 39.1 Å². The largest absolute Gasteiger partial charge is 0.354 e. The smallest absolute Gasteiger partial charge is 0.0888 e. The lowest BCUT2D eigenvalue weighted by Gasteiger charge is -2.05. The van der Waals surface area contributed by atoms with Gasteiger partial charge in [-0.3, -0.25) is 9.97 Å². The van der Waals surface area contributed by atoms with Crippen molar-refractivity contribution in [2.24, 2.45) is 0 Å². The average Bonchev–Trinajstić information content (AvgIpc) is 3.00. The number of hydrogen-bond donors (Lipinski definition) is 0. The lowest BCUT2D eigenvalue weighted by molar-refractivity contribution is 0.701. The Morgan fingerprint density at radius 2 is 1.68 bits per heavy atom. The van der Waals surface area contributed by atoms with Gasteiger partial charge in [-0.1, -0.05) is 6.07 Å². The highest BCUT2D eigenvalue weighted by molar-refractivity contribution is 5.54. The van der Waals surface area contributed by atoms with E-state index in [1.165, 1.54) is 5.56 Å². The van der Waals surface area contributed by atoms with Crippen molar-refractivity contribution in [3.8, 4) is 11.4 Å². The highest BCUT2D eigenvalue weighted by atomic mass is 14.9. The predicted octanol–water partition coefficient (Wildman–Crippen LogP) is 3.19. The highest BCUT2D eigenvalue weighted by Crippen LogP contribution is 2.15. The zero-order chi connectivity index (χ0) is 12.9. The summed E-state index contributed by atoms with van der Waals surface area (Å²) in [6.45, 7) is 0.985. The normalized spacial score (nSPS) is 10.5. The first-order chi connectivity index (χ1) is 9.42. The van der Waals surface area contributed by atoms with Crippen LogP contribution in [-0.2, 0) is 13.0 Å². The van der Waals surface area contributed by atoms with Crippen LogP contribution in [0.3, 0.4) is 0 Å². The molecule has 3 nitrogen and oxygen atoms in total. The summed E-state index contributed by atoms with van der Waals surface area (Å²) >= 11 is 0. The van der Waals surface area contributed by atoms with Gasteiger partial charge in [0.15, 0.2) is 0 Å². The zero-order valence-electron chi connectivity index (χ0n) is 10.6. The fraction of sp³-hybridized carbons (Fsp3) is 0.125. The Morgan fingerprint density at radius 1 is 0.842 bits per heavy atom. The third-order valence-corrected chi connectivity index (χ3v) is 3.08. The second kappa shape index (κ2) is 5.48. The molecule has 3 heteroatoms. The van der Waals surface area contributed by atoms with Crippen LogP contribution in [0.15, 0.2) is 67.3 Å². The molecule has 3 aromatic heterocycles. The number of aryl methyl sites for hydroxylation is 2. The highest BCUT2D eigenvalue weighted by Gasteiger charge is 2.01. The van der Waals surface area contributed by atoms with E-state index in [0.29, 0.717) is 0 Å². The van der Waals surface area contributed by atoms with Crippen LogP contribution in [-0.4, -0.2) is 14.5 Å². The molecule has 0 unspecified atom stereocenters. The van der Waals surface area contributed by atoms with Crippen molar-refractivity contribution in [1.29, 1.82) is 0 Å². The molecule has 0 spiro atoms. The Morgan fingerprint density at radius 3 is 2.47 bits per heavy atom. The van der Waals surface area contributed by atoms with Crippen molar-refractivity contribution >= 4 is 0 Å². The SMILES string of the molecule is c1ccc(-c2cc(CCn3cccc3)ccn2)nc1. The van der Waals surface area contributed by atoms with Crippen LogP contribution >= 0.6 is 0 Å². The van der Waals surface area contributed by atoms with Gasteiger partial charge in [0.05, 0.1) is 11.4 Å². The average molecular weight is 249 g/mol. The lowest BCUT2D eigenvalue weighted by Crippen LogP contribution is -1.99. The number of hydrogen-bond acceptors (Lipinski definition) is 2. The van der Waals surface area contributed by atoms with Crippen LogP contribution in [0, 0.1) is 0 Å². The minimum absolute atomic E-state index is 0.922. The van der Waals surface area contributed by atoms with E-state index in [-0.39, 0.29) is 0 Å². The van der Waals surface area contributed by atoms with Crippen molar-refractivity contribution in [2.45, 2.75) is 13.0 Å². The Balaban J connectivity index is 1.77. The summed E-state index contributed by atoms with van der Waals surface area (Å²) in [5, 5.41) is 0. The molecule has 0 aliphatic heterocycles. The standard InChI is InChI=1S/C16H15N3/c1-2-8-17-15(5-1)16-13-14(6-9-18-16)7-12-19-10-3-4-11-19/h1-6,8-11,13H,7,12H2. The molecule has 0 fully saturated rings. The van der Waals surface area contributed by atoms with E-state index in [0.717, 1.165) is 24.4 Å². The summed E-state index contributed by atoms with van der Waals surface area (Å²) in [4.78, 5) is 8.72. The summed E-state index contributed by atoms with van der Waals surface area (Å²) < 4.78 is 2.18. The molecule has 3 heterocycles. The third kappa shape index (κ3) is 2.88. The van der Waals surface area contributed by atoms with Gasteiger partial charge < -0.3 is 4.57 Å². The van der Waals surface area contributed by atoms with Crippen LogP contribution in [0.1, 0.15) is 5.56 Å². The van der Waals surface area contributed by atoms with E-state index >= 15 is 0 Å². The van der Waals surface area contributed by atoms with E-state index in [9.17, 15) is 0 Å². The summed E-state index contributed by atoms with van der Waals surface area (Å²) in [6, 6.07) is 14.2. The first kappa shape index (κ1) is 11.7. The molecule has 19 heavy (non-hydrogen) atoms. The maximum absolute atomic E-state index is 4.39. The van der Waals surface area contributed by atoms with Gasteiger partial charge in [-0.2, -0.15) is 0 Å². The van der Waals surface area contributed by atoms with Crippen LogP contribution in [0.25, 0.3) is 11.4 Å². The second-order valence-corrected chi connectivity index (χ2v) is 4.44. The number of rotatable bonds is 4. The molecule has 0 aliphatic rings. The van der Waals surface area contributed by atoms with Gasteiger partial charge in [0.2, 0.25) is 0 Å². The number of nitrogens with zero attached hydrogens (tertiary/aromatic N) is 3. The molecule has 3 rings (SSSR count). The minimum Gasteiger partial charge on any atom is -0.354 e. The maximum Gasteiger partial charge on any atom is 0.0888 e. The fourth-order valence-corrected chi connectivity index (χ4v) is 2.06. The van der Waals surface area contributed by atoms with Gasteiger partial charge in [0.25, 0.3) is 0 Å². The Kier molecular flexibility index (Phi) is 3.36. The molecule has 0 bridgehead atoms. The molecule has 0 amide bonds. The van der Waals surface area contributed by atoms with Crippen molar-refractivity contribution < 1.29 is 0 Å². The quantitative estimate of drug-likeness (QED) is 0.711. The first-order valence-corrected chi connectivity index (χ1v) is 6.39. The molecule has 0 saturated carbocycles. The zero-order valence-corrected chi connectivity index (χ0v) is 10.6. The van der Waals surface area contributed by atoms with Gasteiger partial charge in [0, 0.05) is 31.3 Å². The number of pyridine rings is 2. The van der Waals surface area contributed by atoms with Crippen molar-refractivity contribution in [3.05, 3.63) is 72.8 Å².